The van der Waals surface area contributed by atoms with Crippen LogP contribution in [0.25, 0.3) is 0 Å². The van der Waals surface area contributed by atoms with Crippen LogP contribution in [0.1, 0.15) is 43.6 Å². The molecule has 116 valence electrons. The molecule has 1 aromatic rings. The number of carbonyl (C=O) groups is 1. The van der Waals surface area contributed by atoms with Crippen LogP contribution in [-0.2, 0) is 0 Å². The van der Waals surface area contributed by atoms with Gasteiger partial charge < -0.3 is 15.5 Å². The van der Waals surface area contributed by atoms with Gasteiger partial charge in [-0.1, -0.05) is 6.42 Å². The fraction of sp³-hybridized carbons (Fsp3) is 0.667. The van der Waals surface area contributed by atoms with Gasteiger partial charge in [0.15, 0.2) is 5.69 Å². The second-order valence-corrected chi connectivity index (χ2v) is 5.57. The summed E-state index contributed by atoms with van der Waals surface area (Å²) >= 11 is 0. The summed E-state index contributed by atoms with van der Waals surface area (Å²) in [6.07, 6.45) is 3.95. The Morgan fingerprint density at radius 3 is 2.67 bits per heavy atom. The van der Waals surface area contributed by atoms with E-state index in [1.54, 1.807) is 6.07 Å². The van der Waals surface area contributed by atoms with Crippen molar-refractivity contribution in [2.24, 2.45) is 0 Å². The van der Waals surface area contributed by atoms with Crippen LogP contribution in [-0.4, -0.2) is 53.2 Å². The molecule has 2 heterocycles. The third-order valence-corrected chi connectivity index (χ3v) is 3.61. The van der Waals surface area contributed by atoms with E-state index in [0.29, 0.717) is 24.1 Å². The van der Waals surface area contributed by atoms with Crippen molar-refractivity contribution < 1.29 is 4.79 Å². The molecule has 1 aliphatic rings. The maximum atomic E-state index is 11.6. The van der Waals surface area contributed by atoms with E-state index in [9.17, 15) is 4.79 Å². The van der Waals surface area contributed by atoms with Gasteiger partial charge in [-0.25, -0.2) is 0 Å². The highest BCUT2D eigenvalue weighted by Gasteiger charge is 2.14. The number of rotatable bonds is 6. The number of likely N-dealkylation sites (tertiary alicyclic amines) is 1. The van der Waals surface area contributed by atoms with E-state index in [2.05, 4.69) is 32.7 Å². The first-order valence-corrected chi connectivity index (χ1v) is 7.80. The van der Waals surface area contributed by atoms with Gasteiger partial charge in [0, 0.05) is 19.1 Å². The van der Waals surface area contributed by atoms with Crippen molar-refractivity contribution in [1.29, 1.82) is 0 Å². The largest absolute Gasteiger partial charge is 0.365 e. The highest BCUT2D eigenvalue weighted by molar-refractivity contribution is 5.92. The van der Waals surface area contributed by atoms with Gasteiger partial charge in [-0.3, -0.25) is 4.79 Å². The summed E-state index contributed by atoms with van der Waals surface area (Å²) in [5, 5.41) is 14.1. The Labute approximate surface area is 126 Å². The van der Waals surface area contributed by atoms with Crippen molar-refractivity contribution in [1.82, 2.24) is 20.4 Å². The van der Waals surface area contributed by atoms with Crippen molar-refractivity contribution in [3.8, 4) is 0 Å². The fourth-order valence-corrected chi connectivity index (χ4v) is 2.61. The molecule has 1 unspecified atom stereocenters. The van der Waals surface area contributed by atoms with Crippen LogP contribution in [0.3, 0.4) is 0 Å². The van der Waals surface area contributed by atoms with Crippen LogP contribution in [0.15, 0.2) is 12.1 Å². The van der Waals surface area contributed by atoms with Gasteiger partial charge in [0.2, 0.25) is 0 Å². The third-order valence-electron chi connectivity index (χ3n) is 3.61. The van der Waals surface area contributed by atoms with Gasteiger partial charge in [0.1, 0.15) is 5.82 Å². The summed E-state index contributed by atoms with van der Waals surface area (Å²) in [4.78, 5) is 14.1. The first-order chi connectivity index (χ1) is 10.2. The molecule has 6 nitrogen and oxygen atoms in total. The molecule has 1 saturated heterocycles. The maximum absolute atomic E-state index is 11.6. The molecule has 2 N–H and O–H groups in total. The molecule has 0 spiro atoms. The van der Waals surface area contributed by atoms with Gasteiger partial charge >= 0.3 is 0 Å². The summed E-state index contributed by atoms with van der Waals surface area (Å²) in [5.41, 5.74) is 0.353. The maximum Gasteiger partial charge on any atom is 0.271 e. The molecule has 1 fully saturated rings. The van der Waals surface area contributed by atoms with Crippen molar-refractivity contribution in [2.45, 2.75) is 39.2 Å². The zero-order chi connectivity index (χ0) is 15.1. The van der Waals surface area contributed by atoms with Crippen molar-refractivity contribution in [3.05, 3.63) is 17.8 Å². The molecule has 0 bridgehead atoms. The zero-order valence-corrected chi connectivity index (χ0v) is 12.9. The lowest BCUT2D eigenvalue weighted by molar-refractivity contribution is 0.0950. The minimum Gasteiger partial charge on any atom is -0.365 e. The Kier molecular flexibility index (Phi) is 5.92. The molecule has 2 rings (SSSR count). The van der Waals surface area contributed by atoms with Crippen LogP contribution in [0, 0.1) is 0 Å². The van der Waals surface area contributed by atoms with Crippen LogP contribution in [0.2, 0.25) is 0 Å². The average molecular weight is 291 g/mol. The Balaban J connectivity index is 1.83. The van der Waals surface area contributed by atoms with E-state index in [1.807, 2.05) is 13.0 Å². The number of amides is 1. The SMILES string of the molecule is CCNC(=O)c1ccc(NC(C)CN2CCCCC2)nn1. The Morgan fingerprint density at radius 2 is 2.05 bits per heavy atom. The van der Waals surface area contributed by atoms with Crippen molar-refractivity contribution >= 4 is 11.7 Å². The Bertz CT molecular complexity index is 442. The van der Waals surface area contributed by atoms with E-state index in [4.69, 9.17) is 0 Å². The highest BCUT2D eigenvalue weighted by Crippen LogP contribution is 2.10. The van der Waals surface area contributed by atoms with Crippen LogP contribution >= 0.6 is 0 Å². The number of nitrogens with one attached hydrogen (secondary N) is 2. The predicted molar refractivity (Wildman–Crippen MR) is 83.4 cm³/mol. The van der Waals surface area contributed by atoms with Gasteiger partial charge in [-0.05, 0) is 51.9 Å². The van der Waals surface area contributed by atoms with E-state index >= 15 is 0 Å². The molecule has 0 aliphatic carbocycles. The number of anilines is 1. The summed E-state index contributed by atoms with van der Waals surface area (Å²) < 4.78 is 0. The lowest BCUT2D eigenvalue weighted by Crippen LogP contribution is -2.38. The number of hydrogen-bond donors (Lipinski definition) is 2. The lowest BCUT2D eigenvalue weighted by Gasteiger charge is -2.29. The first-order valence-electron chi connectivity index (χ1n) is 7.80. The van der Waals surface area contributed by atoms with Crippen molar-refractivity contribution in [3.63, 3.8) is 0 Å². The first kappa shape index (κ1) is 15.7. The minimum absolute atomic E-state index is 0.182. The summed E-state index contributed by atoms with van der Waals surface area (Å²) in [7, 11) is 0. The Morgan fingerprint density at radius 1 is 1.29 bits per heavy atom. The molecule has 1 aromatic heterocycles. The second kappa shape index (κ2) is 7.93. The fourth-order valence-electron chi connectivity index (χ4n) is 2.61. The molecule has 0 radical (unpaired) electrons. The molecule has 21 heavy (non-hydrogen) atoms. The summed E-state index contributed by atoms with van der Waals surface area (Å²) in [5.74, 6) is 0.533. The molecule has 0 aromatic carbocycles. The number of nitrogens with zero attached hydrogens (tertiary/aromatic N) is 3. The highest BCUT2D eigenvalue weighted by atomic mass is 16.1. The van der Waals surface area contributed by atoms with Gasteiger partial charge in [-0.2, -0.15) is 0 Å². The minimum atomic E-state index is -0.182. The summed E-state index contributed by atoms with van der Waals surface area (Å²) in [6.45, 7) is 8.01. The molecule has 1 aliphatic heterocycles. The molecule has 0 saturated carbocycles. The number of hydrogen-bond acceptors (Lipinski definition) is 5. The molecular weight excluding hydrogens is 266 g/mol. The monoisotopic (exact) mass is 291 g/mol. The van der Waals surface area contributed by atoms with Gasteiger partial charge in [-0.15, -0.1) is 10.2 Å². The normalized spacial score (nSPS) is 17.2. The summed E-state index contributed by atoms with van der Waals surface area (Å²) in [6, 6.07) is 3.82. The predicted octanol–water partition coefficient (Wildman–Crippen LogP) is 1.51. The van der Waals surface area contributed by atoms with Crippen LogP contribution < -0.4 is 10.6 Å². The average Bonchev–Trinajstić information content (AvgIpc) is 2.49. The Hall–Kier alpha value is -1.69. The van der Waals surface area contributed by atoms with E-state index in [0.717, 1.165) is 6.54 Å². The number of carbonyl (C=O) groups excluding carboxylic acids is 1. The van der Waals surface area contributed by atoms with Crippen LogP contribution in [0.5, 0.6) is 0 Å². The zero-order valence-electron chi connectivity index (χ0n) is 12.9. The lowest BCUT2D eigenvalue weighted by atomic mass is 10.1. The smallest absolute Gasteiger partial charge is 0.271 e. The van der Waals surface area contributed by atoms with E-state index in [1.165, 1.54) is 32.4 Å². The molecule has 1 amide bonds. The number of piperidine rings is 1. The standard InChI is InChI=1S/C15H25N5O/c1-3-16-15(21)13-7-8-14(19-18-13)17-12(2)11-20-9-5-4-6-10-20/h7-8,12H,3-6,9-11H2,1-2H3,(H,16,21)(H,17,19). The molecular formula is C15H25N5O. The molecule has 6 heteroatoms. The third kappa shape index (κ3) is 4.97. The number of aromatic nitrogens is 2. The van der Waals surface area contributed by atoms with Gasteiger partial charge in [0.05, 0.1) is 0 Å². The quantitative estimate of drug-likeness (QED) is 0.831. The van der Waals surface area contributed by atoms with Crippen molar-refractivity contribution in [2.75, 3.05) is 31.5 Å². The molecule has 1 atom stereocenters. The topological polar surface area (TPSA) is 70.2 Å². The van der Waals surface area contributed by atoms with E-state index < -0.39 is 0 Å². The van der Waals surface area contributed by atoms with Crippen LogP contribution in [0.4, 0.5) is 5.82 Å². The second-order valence-electron chi connectivity index (χ2n) is 5.57. The van der Waals surface area contributed by atoms with Gasteiger partial charge in [0.25, 0.3) is 5.91 Å². The van der Waals surface area contributed by atoms with E-state index in [-0.39, 0.29) is 5.91 Å².